The predicted octanol–water partition coefficient (Wildman–Crippen LogP) is 16.8. The number of hydrogen-bond acceptors (Lipinski definition) is 2. The molecule has 274 valence electrons. The first-order valence-corrected chi connectivity index (χ1v) is 21.8. The number of aromatic nitrogens is 1. The van der Waals surface area contributed by atoms with Crippen molar-refractivity contribution in [2.75, 3.05) is 0 Å². The zero-order chi connectivity index (χ0) is 38.6. The number of rotatable bonds is 4. The summed E-state index contributed by atoms with van der Waals surface area (Å²) in [7, 11) is 0. The molecule has 0 atom stereocenters. The van der Waals surface area contributed by atoms with Crippen molar-refractivity contribution in [3.63, 3.8) is 0 Å². The third kappa shape index (κ3) is 4.96. The molecule has 0 bridgehead atoms. The summed E-state index contributed by atoms with van der Waals surface area (Å²) in [5.41, 5.74) is 11.0. The Morgan fingerprint density at radius 2 is 0.780 bits per heavy atom. The Morgan fingerprint density at radius 1 is 0.288 bits per heavy atom. The monoisotopic (exact) mass is 783 g/mol. The molecule has 0 aliphatic heterocycles. The van der Waals surface area contributed by atoms with Crippen LogP contribution in [-0.4, -0.2) is 4.57 Å². The summed E-state index contributed by atoms with van der Waals surface area (Å²) in [6, 6.07) is 74.5. The first kappa shape index (κ1) is 33.0. The highest BCUT2D eigenvalue weighted by Crippen LogP contribution is 2.45. The standard InChI is InChI=1S/C56H33NS2/c1-2-15-39-35(12-1)31-48(43-17-4-3-16-42(39)43)34-13-9-14-38(30-34)57-51-28-26-36(40-20-10-22-46-44-18-5-7-24-53(44)58-55(40)46)32-49(51)50-33-37(27-29-52(50)57)41-21-11-23-47-45-19-6-8-25-54(45)59-56(41)47/h1-33H. The Kier molecular flexibility index (Phi) is 7.12. The van der Waals surface area contributed by atoms with Crippen molar-refractivity contribution in [1.82, 2.24) is 4.57 Å². The highest BCUT2D eigenvalue weighted by atomic mass is 32.1. The second kappa shape index (κ2) is 12.7. The lowest BCUT2D eigenvalue weighted by molar-refractivity contribution is 1.18. The molecule has 0 N–H and O–H groups in total. The summed E-state index contributed by atoms with van der Waals surface area (Å²) in [4.78, 5) is 0. The first-order valence-electron chi connectivity index (χ1n) is 20.2. The Balaban J connectivity index is 1.06. The van der Waals surface area contributed by atoms with Crippen molar-refractivity contribution in [2.24, 2.45) is 0 Å². The molecule has 59 heavy (non-hydrogen) atoms. The minimum Gasteiger partial charge on any atom is -0.309 e. The van der Waals surface area contributed by atoms with Gasteiger partial charge >= 0.3 is 0 Å². The summed E-state index contributed by atoms with van der Waals surface area (Å²) < 4.78 is 7.80. The zero-order valence-electron chi connectivity index (χ0n) is 31.8. The van der Waals surface area contributed by atoms with Crippen LogP contribution in [0.2, 0.25) is 0 Å². The van der Waals surface area contributed by atoms with E-state index in [4.69, 9.17) is 0 Å². The van der Waals surface area contributed by atoms with Gasteiger partial charge in [0.2, 0.25) is 0 Å². The van der Waals surface area contributed by atoms with Crippen LogP contribution < -0.4 is 0 Å². The van der Waals surface area contributed by atoms with Gasteiger partial charge in [-0.3, -0.25) is 0 Å². The van der Waals surface area contributed by atoms with Gasteiger partial charge in [0.1, 0.15) is 0 Å². The van der Waals surface area contributed by atoms with Crippen LogP contribution in [0.3, 0.4) is 0 Å². The van der Waals surface area contributed by atoms with E-state index in [2.05, 4.69) is 205 Å². The van der Waals surface area contributed by atoms with Crippen LogP contribution in [0.25, 0.3) is 123 Å². The maximum Gasteiger partial charge on any atom is 0.0541 e. The lowest BCUT2D eigenvalue weighted by Gasteiger charge is -2.14. The van der Waals surface area contributed by atoms with E-state index < -0.39 is 0 Å². The summed E-state index contributed by atoms with van der Waals surface area (Å²) in [6.45, 7) is 0. The number of fused-ring (bicyclic) bond motifs is 12. The lowest BCUT2D eigenvalue weighted by Crippen LogP contribution is -1.95. The molecule has 3 heteroatoms. The Morgan fingerprint density at radius 3 is 1.41 bits per heavy atom. The molecular weight excluding hydrogens is 751 g/mol. The average molecular weight is 784 g/mol. The molecule has 13 rings (SSSR count). The molecule has 10 aromatic carbocycles. The molecule has 0 unspecified atom stereocenters. The van der Waals surface area contributed by atoms with Crippen LogP contribution in [0.15, 0.2) is 200 Å². The largest absolute Gasteiger partial charge is 0.309 e. The second-order valence-corrected chi connectivity index (χ2v) is 17.7. The van der Waals surface area contributed by atoms with E-state index in [-0.39, 0.29) is 0 Å². The molecular formula is C56H33NS2. The first-order chi connectivity index (χ1) is 29.2. The minimum atomic E-state index is 1.15. The molecule has 0 aliphatic carbocycles. The Bertz CT molecular complexity index is 3690. The molecule has 3 aromatic heterocycles. The van der Waals surface area contributed by atoms with E-state index in [1.54, 1.807) is 0 Å². The molecule has 13 aromatic rings. The molecule has 0 saturated heterocycles. The van der Waals surface area contributed by atoms with E-state index in [0.717, 1.165) is 5.69 Å². The predicted molar refractivity (Wildman–Crippen MR) is 258 cm³/mol. The summed E-state index contributed by atoms with van der Waals surface area (Å²) in [5, 5.41) is 12.9. The van der Waals surface area contributed by atoms with E-state index in [1.807, 2.05) is 22.7 Å². The van der Waals surface area contributed by atoms with Gasteiger partial charge < -0.3 is 4.57 Å². The molecule has 0 fully saturated rings. The molecule has 0 amide bonds. The average Bonchev–Trinajstić information content (AvgIpc) is 3.98. The summed E-state index contributed by atoms with van der Waals surface area (Å²) in [6.07, 6.45) is 0. The summed E-state index contributed by atoms with van der Waals surface area (Å²) in [5.74, 6) is 0. The van der Waals surface area contributed by atoms with Crippen LogP contribution in [-0.2, 0) is 0 Å². The smallest absolute Gasteiger partial charge is 0.0541 e. The quantitative estimate of drug-likeness (QED) is 0.157. The Labute approximate surface area is 348 Å². The SMILES string of the molecule is c1cc(-c2cc3ccccc3c3ccccc23)cc(-n2c3ccc(-c4cccc5c4sc4ccccc45)cc3c3cc(-c4cccc5c4sc4ccccc45)ccc32)c1. The molecule has 0 aliphatic rings. The van der Waals surface area contributed by atoms with Crippen LogP contribution in [0, 0.1) is 0 Å². The fourth-order valence-electron chi connectivity index (χ4n) is 9.69. The molecule has 0 radical (unpaired) electrons. The van der Waals surface area contributed by atoms with Crippen molar-refractivity contribution < 1.29 is 0 Å². The fraction of sp³-hybridized carbons (Fsp3) is 0. The highest BCUT2D eigenvalue weighted by Gasteiger charge is 2.19. The number of benzene rings is 10. The van der Waals surface area contributed by atoms with Crippen molar-refractivity contribution in [1.29, 1.82) is 0 Å². The van der Waals surface area contributed by atoms with Crippen molar-refractivity contribution in [3.05, 3.63) is 200 Å². The van der Waals surface area contributed by atoms with Gasteiger partial charge in [0.05, 0.1) is 11.0 Å². The lowest BCUT2D eigenvalue weighted by atomic mass is 9.93. The molecule has 0 spiro atoms. The second-order valence-electron chi connectivity index (χ2n) is 15.6. The molecule has 1 nitrogen and oxygen atoms in total. The Hall–Kier alpha value is -7.04. The number of thiophene rings is 2. The number of nitrogens with zero attached hydrogens (tertiary/aromatic N) is 1. The van der Waals surface area contributed by atoms with Gasteiger partial charge in [0, 0.05) is 56.8 Å². The number of hydrogen-bond donors (Lipinski definition) is 0. The van der Waals surface area contributed by atoms with Gasteiger partial charge in [-0.1, -0.05) is 146 Å². The van der Waals surface area contributed by atoms with E-state index >= 15 is 0 Å². The van der Waals surface area contributed by atoms with Crippen LogP contribution in [0.1, 0.15) is 0 Å². The van der Waals surface area contributed by atoms with Gasteiger partial charge in [0.15, 0.2) is 0 Å². The third-order valence-corrected chi connectivity index (χ3v) is 14.8. The zero-order valence-corrected chi connectivity index (χ0v) is 33.4. The van der Waals surface area contributed by atoms with Gasteiger partial charge in [0.25, 0.3) is 0 Å². The van der Waals surface area contributed by atoms with Crippen LogP contribution >= 0.6 is 22.7 Å². The maximum atomic E-state index is 2.48. The molecule has 3 heterocycles. The van der Waals surface area contributed by atoms with Gasteiger partial charge in [-0.05, 0) is 110 Å². The normalized spacial score (nSPS) is 12.1. The minimum absolute atomic E-state index is 1.15. The fourth-order valence-corrected chi connectivity index (χ4v) is 12.2. The van der Waals surface area contributed by atoms with Gasteiger partial charge in [-0.15, -0.1) is 22.7 Å². The van der Waals surface area contributed by atoms with E-state index in [1.165, 1.54) is 117 Å². The van der Waals surface area contributed by atoms with E-state index in [0.29, 0.717) is 0 Å². The van der Waals surface area contributed by atoms with Crippen molar-refractivity contribution >= 4 is 106 Å². The third-order valence-electron chi connectivity index (χ3n) is 12.4. The maximum absolute atomic E-state index is 2.48. The van der Waals surface area contributed by atoms with Crippen LogP contribution in [0.4, 0.5) is 0 Å². The van der Waals surface area contributed by atoms with Gasteiger partial charge in [-0.2, -0.15) is 0 Å². The van der Waals surface area contributed by atoms with Crippen molar-refractivity contribution in [2.45, 2.75) is 0 Å². The van der Waals surface area contributed by atoms with Crippen molar-refractivity contribution in [3.8, 4) is 39.1 Å². The topological polar surface area (TPSA) is 4.93 Å². The van der Waals surface area contributed by atoms with Crippen LogP contribution in [0.5, 0.6) is 0 Å². The molecule has 0 saturated carbocycles. The van der Waals surface area contributed by atoms with E-state index in [9.17, 15) is 0 Å². The summed E-state index contributed by atoms with van der Waals surface area (Å²) >= 11 is 3.79. The highest BCUT2D eigenvalue weighted by molar-refractivity contribution is 7.26. The van der Waals surface area contributed by atoms with Gasteiger partial charge in [-0.25, -0.2) is 0 Å².